The highest BCUT2D eigenvalue weighted by Crippen LogP contribution is 2.27. The Bertz CT molecular complexity index is 1400. The van der Waals surface area contributed by atoms with E-state index < -0.39 is 34.3 Å². The van der Waals surface area contributed by atoms with E-state index in [0.29, 0.717) is 17.9 Å². The van der Waals surface area contributed by atoms with Crippen molar-refractivity contribution in [3.63, 3.8) is 0 Å². The third kappa shape index (κ3) is 7.59. The average Bonchev–Trinajstić information content (AvgIpc) is 2.95. The van der Waals surface area contributed by atoms with E-state index in [2.05, 4.69) is 5.32 Å². The molecule has 8 nitrogen and oxygen atoms in total. The lowest BCUT2D eigenvalue weighted by atomic mass is 10.1. The highest BCUT2D eigenvalue weighted by atomic mass is 32.2. The van der Waals surface area contributed by atoms with Crippen LogP contribution in [0.3, 0.4) is 0 Å². The van der Waals surface area contributed by atoms with Crippen LogP contribution in [0.4, 0.5) is 10.1 Å². The van der Waals surface area contributed by atoms with Crippen LogP contribution in [0.15, 0.2) is 83.8 Å². The third-order valence-corrected chi connectivity index (χ3v) is 8.06. The smallest absolute Gasteiger partial charge is 0.264 e. The van der Waals surface area contributed by atoms with Gasteiger partial charge in [-0.2, -0.15) is 0 Å². The SMILES string of the molecule is CC[C@H](C(=O)NCC(C)C)N(Cc1cccc(OC)c1)C(=O)CN(c1ccccc1F)S(=O)(=O)c1ccccc1. The first kappa shape index (κ1) is 30.6. The van der Waals surface area contributed by atoms with Crippen LogP contribution in [0, 0.1) is 11.7 Å². The molecule has 0 aromatic heterocycles. The number of carbonyl (C=O) groups is 2. The molecule has 0 radical (unpaired) electrons. The van der Waals surface area contributed by atoms with E-state index in [1.54, 1.807) is 49.4 Å². The molecule has 0 aliphatic carbocycles. The quantitative estimate of drug-likeness (QED) is 0.324. The van der Waals surface area contributed by atoms with Gasteiger partial charge in [0.2, 0.25) is 11.8 Å². The maximum Gasteiger partial charge on any atom is 0.264 e. The first-order valence-electron chi connectivity index (χ1n) is 13.1. The van der Waals surface area contributed by atoms with Crippen molar-refractivity contribution in [3.05, 3.63) is 90.2 Å². The zero-order valence-electron chi connectivity index (χ0n) is 23.2. The summed E-state index contributed by atoms with van der Waals surface area (Å²) in [5.74, 6) is -1.04. The zero-order chi connectivity index (χ0) is 29.3. The van der Waals surface area contributed by atoms with Gasteiger partial charge in [0.25, 0.3) is 10.0 Å². The largest absolute Gasteiger partial charge is 0.497 e. The molecule has 10 heteroatoms. The first-order chi connectivity index (χ1) is 19.1. The van der Waals surface area contributed by atoms with E-state index in [4.69, 9.17) is 4.74 Å². The van der Waals surface area contributed by atoms with Gasteiger partial charge in [0.1, 0.15) is 24.2 Å². The van der Waals surface area contributed by atoms with Gasteiger partial charge in [0, 0.05) is 13.1 Å². The molecule has 2 amide bonds. The number of methoxy groups -OCH3 is 1. The molecule has 0 unspecified atom stereocenters. The van der Waals surface area contributed by atoms with Crippen molar-refractivity contribution < 1.29 is 27.1 Å². The second kappa shape index (κ2) is 13.9. The molecule has 0 spiro atoms. The topological polar surface area (TPSA) is 96.0 Å². The van der Waals surface area contributed by atoms with Crippen LogP contribution in [-0.4, -0.2) is 51.4 Å². The Labute approximate surface area is 235 Å². The summed E-state index contributed by atoms with van der Waals surface area (Å²) in [5, 5.41) is 2.88. The van der Waals surface area contributed by atoms with Crippen molar-refractivity contribution >= 4 is 27.5 Å². The van der Waals surface area contributed by atoms with Gasteiger partial charge >= 0.3 is 0 Å². The van der Waals surface area contributed by atoms with Crippen LogP contribution < -0.4 is 14.4 Å². The number of ether oxygens (including phenoxy) is 1. The summed E-state index contributed by atoms with van der Waals surface area (Å²) in [6, 6.07) is 19.1. The number of sulfonamides is 1. The fourth-order valence-electron chi connectivity index (χ4n) is 4.20. The van der Waals surface area contributed by atoms with E-state index in [9.17, 15) is 22.4 Å². The van der Waals surface area contributed by atoms with Crippen molar-refractivity contribution in [2.75, 3.05) is 24.5 Å². The zero-order valence-corrected chi connectivity index (χ0v) is 24.0. The third-order valence-electron chi connectivity index (χ3n) is 6.29. The number of halogens is 1. The molecular weight excluding hydrogens is 533 g/mol. The fraction of sp³-hybridized carbons (Fsp3) is 0.333. The number of amides is 2. The molecule has 0 bridgehead atoms. The Morgan fingerprint density at radius 1 is 0.975 bits per heavy atom. The van der Waals surface area contributed by atoms with Crippen LogP contribution in [0.25, 0.3) is 0 Å². The molecule has 1 atom stereocenters. The van der Waals surface area contributed by atoms with Crippen molar-refractivity contribution in [1.82, 2.24) is 10.2 Å². The average molecular weight is 570 g/mol. The Morgan fingerprint density at radius 2 is 1.65 bits per heavy atom. The molecule has 1 N–H and O–H groups in total. The summed E-state index contributed by atoms with van der Waals surface area (Å²) >= 11 is 0. The maximum absolute atomic E-state index is 15.0. The molecule has 0 saturated heterocycles. The number of nitrogens with zero attached hydrogens (tertiary/aromatic N) is 2. The molecule has 214 valence electrons. The van der Waals surface area contributed by atoms with E-state index in [1.165, 1.54) is 42.3 Å². The second-order valence-electron chi connectivity index (χ2n) is 9.71. The molecule has 0 saturated carbocycles. The van der Waals surface area contributed by atoms with Crippen LogP contribution in [0.2, 0.25) is 0 Å². The van der Waals surface area contributed by atoms with Gasteiger partial charge < -0.3 is 15.0 Å². The van der Waals surface area contributed by atoms with Crippen molar-refractivity contribution in [2.24, 2.45) is 5.92 Å². The lowest BCUT2D eigenvalue weighted by molar-refractivity contribution is -0.140. The van der Waals surface area contributed by atoms with Gasteiger partial charge in [0.15, 0.2) is 0 Å². The number of hydrogen-bond acceptors (Lipinski definition) is 5. The predicted octanol–water partition coefficient (Wildman–Crippen LogP) is 4.61. The van der Waals surface area contributed by atoms with Gasteiger partial charge in [-0.25, -0.2) is 12.8 Å². The number of nitrogens with one attached hydrogen (secondary N) is 1. The summed E-state index contributed by atoms with van der Waals surface area (Å²) in [4.78, 5) is 28.5. The van der Waals surface area contributed by atoms with Gasteiger partial charge in [-0.3, -0.25) is 13.9 Å². The van der Waals surface area contributed by atoms with E-state index in [-0.39, 0.29) is 35.4 Å². The highest BCUT2D eigenvalue weighted by Gasteiger charge is 2.34. The van der Waals surface area contributed by atoms with Crippen molar-refractivity contribution in [2.45, 2.75) is 44.7 Å². The normalized spacial score (nSPS) is 12.1. The van der Waals surface area contributed by atoms with Crippen LogP contribution in [0.5, 0.6) is 5.75 Å². The number of para-hydroxylation sites is 1. The summed E-state index contributed by atoms with van der Waals surface area (Å²) in [6.07, 6.45) is 0.283. The number of anilines is 1. The minimum Gasteiger partial charge on any atom is -0.497 e. The molecule has 3 aromatic rings. The maximum atomic E-state index is 15.0. The van der Waals surface area contributed by atoms with Crippen LogP contribution in [-0.2, 0) is 26.2 Å². The first-order valence-corrected chi connectivity index (χ1v) is 14.5. The molecule has 3 rings (SSSR count). The Kier molecular flexibility index (Phi) is 10.7. The summed E-state index contributed by atoms with van der Waals surface area (Å²) in [5.41, 5.74) is 0.421. The molecule has 0 heterocycles. The Hall–Kier alpha value is -3.92. The standard InChI is InChI=1S/C30H36FN3O5S/c1-5-27(30(36)32-19-22(2)3)33(20-23-12-11-13-24(18-23)39-4)29(35)21-34(28-17-10-9-16-26(28)31)40(37,38)25-14-7-6-8-15-25/h6-18,22,27H,5,19-21H2,1-4H3,(H,32,36)/t27-/m1/s1. The van der Waals surface area contributed by atoms with Gasteiger partial charge in [0.05, 0.1) is 17.7 Å². The van der Waals surface area contributed by atoms with Gasteiger partial charge in [-0.05, 0) is 54.3 Å². The predicted molar refractivity (Wildman–Crippen MR) is 153 cm³/mol. The van der Waals surface area contributed by atoms with E-state index in [1.807, 2.05) is 13.8 Å². The molecular formula is C30H36FN3O5S. The number of rotatable bonds is 13. The number of benzene rings is 3. The molecule has 0 aliphatic rings. The fourth-order valence-corrected chi connectivity index (χ4v) is 5.64. The summed E-state index contributed by atoms with van der Waals surface area (Å²) < 4.78 is 48.5. The minimum atomic E-state index is -4.34. The Morgan fingerprint density at radius 3 is 2.27 bits per heavy atom. The highest BCUT2D eigenvalue weighted by molar-refractivity contribution is 7.92. The summed E-state index contributed by atoms with van der Waals surface area (Å²) in [6.45, 7) is 5.42. The lowest BCUT2D eigenvalue weighted by Gasteiger charge is -2.33. The van der Waals surface area contributed by atoms with E-state index in [0.717, 1.165) is 10.4 Å². The van der Waals surface area contributed by atoms with Gasteiger partial charge in [-0.15, -0.1) is 0 Å². The van der Waals surface area contributed by atoms with Crippen LogP contribution >= 0.6 is 0 Å². The molecule has 3 aromatic carbocycles. The van der Waals surface area contributed by atoms with Gasteiger partial charge in [-0.1, -0.05) is 63.2 Å². The van der Waals surface area contributed by atoms with Crippen LogP contribution in [0.1, 0.15) is 32.8 Å². The molecule has 0 aliphatic heterocycles. The number of hydrogen-bond donors (Lipinski definition) is 1. The monoisotopic (exact) mass is 569 g/mol. The Balaban J connectivity index is 2.06. The minimum absolute atomic E-state index is 0.0140. The second-order valence-corrected chi connectivity index (χ2v) is 11.6. The summed E-state index contributed by atoms with van der Waals surface area (Å²) in [7, 11) is -2.81. The van der Waals surface area contributed by atoms with E-state index >= 15 is 0 Å². The lowest BCUT2D eigenvalue weighted by Crippen LogP contribution is -2.52. The van der Waals surface area contributed by atoms with Crippen molar-refractivity contribution in [1.29, 1.82) is 0 Å². The molecule has 0 fully saturated rings. The molecule has 40 heavy (non-hydrogen) atoms. The van der Waals surface area contributed by atoms with Crippen molar-refractivity contribution in [3.8, 4) is 5.75 Å². The number of carbonyl (C=O) groups excluding carboxylic acids is 2.